The van der Waals surface area contributed by atoms with Crippen molar-refractivity contribution in [2.24, 2.45) is 0 Å². The first-order valence-corrected chi connectivity index (χ1v) is 8.15. The Kier molecular flexibility index (Phi) is 3.82. The molecule has 2 aromatic heterocycles. The number of benzene rings is 1. The highest BCUT2D eigenvalue weighted by molar-refractivity contribution is 6.02. The van der Waals surface area contributed by atoms with Gasteiger partial charge in [-0.05, 0) is 37.1 Å². The van der Waals surface area contributed by atoms with Gasteiger partial charge in [-0.3, -0.25) is 9.78 Å². The number of pyridine rings is 1. The fourth-order valence-corrected chi connectivity index (χ4v) is 2.89. The Hall–Kier alpha value is -3.33. The van der Waals surface area contributed by atoms with Crippen molar-refractivity contribution in [1.82, 2.24) is 20.0 Å². The van der Waals surface area contributed by atoms with Crippen LogP contribution in [-0.4, -0.2) is 25.8 Å². The molecule has 25 heavy (non-hydrogen) atoms. The second-order valence-corrected chi connectivity index (χ2v) is 6.03. The summed E-state index contributed by atoms with van der Waals surface area (Å²) >= 11 is 0. The van der Waals surface area contributed by atoms with Gasteiger partial charge >= 0.3 is 0 Å². The number of hydrogen-bond donors (Lipinski definition) is 0. The Morgan fingerprint density at radius 1 is 1.16 bits per heavy atom. The molecule has 6 heteroatoms. The normalized spacial score (nSPS) is 14.7. The van der Waals surface area contributed by atoms with Crippen molar-refractivity contribution in [2.75, 3.05) is 0 Å². The van der Waals surface area contributed by atoms with Crippen LogP contribution < -0.4 is 0 Å². The van der Waals surface area contributed by atoms with Crippen LogP contribution >= 0.6 is 0 Å². The van der Waals surface area contributed by atoms with Gasteiger partial charge in [-0.2, -0.15) is 5.26 Å². The summed E-state index contributed by atoms with van der Waals surface area (Å²) in [4.78, 5) is 17.1. The Labute approximate surface area is 144 Å². The molecule has 0 radical (unpaired) electrons. The second kappa shape index (κ2) is 6.29. The number of nitriles is 1. The van der Waals surface area contributed by atoms with Gasteiger partial charge in [0.1, 0.15) is 0 Å². The molecule has 0 aliphatic heterocycles. The SMILES string of the molecule is N#C[C@@H](C(=O)c1nnn(-c2ccccc2)c1C1CC1)c1ccccn1. The number of hydrogen-bond acceptors (Lipinski definition) is 5. The molecular formula is C19H15N5O. The molecule has 0 spiro atoms. The molecule has 0 amide bonds. The van der Waals surface area contributed by atoms with Crippen molar-refractivity contribution in [3.63, 3.8) is 0 Å². The lowest BCUT2D eigenvalue weighted by atomic mass is 9.97. The van der Waals surface area contributed by atoms with E-state index in [0.29, 0.717) is 5.69 Å². The molecule has 0 bridgehead atoms. The van der Waals surface area contributed by atoms with Crippen LogP contribution in [0.25, 0.3) is 5.69 Å². The third-order valence-electron chi connectivity index (χ3n) is 4.28. The van der Waals surface area contributed by atoms with Gasteiger partial charge in [-0.25, -0.2) is 4.68 Å². The van der Waals surface area contributed by atoms with Crippen LogP contribution in [0.2, 0.25) is 0 Å². The molecule has 1 aliphatic rings. The zero-order valence-corrected chi connectivity index (χ0v) is 13.4. The zero-order valence-electron chi connectivity index (χ0n) is 13.4. The van der Waals surface area contributed by atoms with Gasteiger partial charge in [0.15, 0.2) is 11.6 Å². The van der Waals surface area contributed by atoms with Gasteiger partial charge < -0.3 is 0 Å². The van der Waals surface area contributed by atoms with E-state index in [2.05, 4.69) is 21.4 Å². The summed E-state index contributed by atoms with van der Waals surface area (Å²) in [6, 6.07) is 16.9. The van der Waals surface area contributed by atoms with Crippen LogP contribution in [-0.2, 0) is 0 Å². The molecule has 0 N–H and O–H groups in total. The fourth-order valence-electron chi connectivity index (χ4n) is 2.89. The van der Waals surface area contributed by atoms with Crippen molar-refractivity contribution in [1.29, 1.82) is 5.26 Å². The summed E-state index contributed by atoms with van der Waals surface area (Å²) in [5.41, 5.74) is 2.38. The quantitative estimate of drug-likeness (QED) is 0.672. The highest BCUT2D eigenvalue weighted by atomic mass is 16.1. The van der Waals surface area contributed by atoms with E-state index >= 15 is 0 Å². The third kappa shape index (κ3) is 2.81. The summed E-state index contributed by atoms with van der Waals surface area (Å²) in [7, 11) is 0. The van der Waals surface area contributed by atoms with Gasteiger partial charge in [0.2, 0.25) is 5.78 Å². The fraction of sp³-hybridized carbons (Fsp3) is 0.211. The molecule has 1 saturated carbocycles. The molecule has 0 saturated heterocycles. The number of aromatic nitrogens is 4. The van der Waals surface area contributed by atoms with Gasteiger partial charge in [0.25, 0.3) is 0 Å². The first-order valence-electron chi connectivity index (χ1n) is 8.15. The van der Waals surface area contributed by atoms with Crippen LogP contribution in [0.3, 0.4) is 0 Å². The molecule has 2 heterocycles. The lowest BCUT2D eigenvalue weighted by Crippen LogP contribution is -2.15. The van der Waals surface area contributed by atoms with Crippen LogP contribution in [0.4, 0.5) is 0 Å². The summed E-state index contributed by atoms with van der Waals surface area (Å²) in [5, 5.41) is 17.8. The Morgan fingerprint density at radius 2 is 1.92 bits per heavy atom. The highest BCUT2D eigenvalue weighted by Crippen LogP contribution is 2.42. The number of Topliss-reactive ketones (excluding diaryl/α,β-unsaturated/α-hetero) is 1. The van der Waals surface area contributed by atoms with Crippen molar-refractivity contribution in [2.45, 2.75) is 24.7 Å². The second-order valence-electron chi connectivity index (χ2n) is 6.03. The molecule has 6 nitrogen and oxygen atoms in total. The average molecular weight is 329 g/mol. The van der Waals surface area contributed by atoms with Crippen LogP contribution in [0.5, 0.6) is 0 Å². The number of nitrogens with zero attached hydrogens (tertiary/aromatic N) is 5. The molecule has 4 rings (SSSR count). The topological polar surface area (TPSA) is 84.5 Å². The Bertz CT molecular complexity index is 939. The van der Waals surface area contributed by atoms with E-state index in [4.69, 9.17) is 0 Å². The number of carbonyl (C=O) groups excluding carboxylic acids is 1. The minimum absolute atomic E-state index is 0.261. The van der Waals surface area contributed by atoms with Crippen molar-refractivity contribution < 1.29 is 4.79 Å². The molecular weight excluding hydrogens is 314 g/mol. The zero-order chi connectivity index (χ0) is 17.2. The minimum Gasteiger partial charge on any atom is -0.290 e. The van der Waals surface area contributed by atoms with Gasteiger partial charge in [-0.15, -0.1) is 5.10 Å². The number of rotatable bonds is 5. The summed E-state index contributed by atoms with van der Waals surface area (Å²) in [6.07, 6.45) is 3.58. The maximum Gasteiger partial charge on any atom is 0.208 e. The van der Waals surface area contributed by atoms with E-state index < -0.39 is 5.92 Å². The minimum atomic E-state index is -0.973. The van der Waals surface area contributed by atoms with Crippen molar-refractivity contribution >= 4 is 5.78 Å². The summed E-state index contributed by atoms with van der Waals surface area (Å²) in [5.74, 6) is -1.05. The third-order valence-corrected chi connectivity index (χ3v) is 4.28. The van der Waals surface area contributed by atoms with E-state index in [1.807, 2.05) is 30.3 Å². The maximum absolute atomic E-state index is 13.0. The van der Waals surface area contributed by atoms with Crippen molar-refractivity contribution in [3.05, 3.63) is 71.8 Å². The van der Waals surface area contributed by atoms with E-state index in [1.165, 1.54) is 0 Å². The standard InChI is InChI=1S/C19H15N5O/c20-12-15(16-8-4-5-11-21-16)19(25)17-18(13-9-10-13)24(23-22-17)14-6-2-1-3-7-14/h1-8,11,13,15H,9-10H2/t15-/m1/s1. The van der Waals surface area contributed by atoms with Gasteiger partial charge in [-0.1, -0.05) is 29.5 Å². The number of ketones is 1. The number of carbonyl (C=O) groups is 1. The molecule has 122 valence electrons. The first-order chi connectivity index (χ1) is 12.3. The van der Waals surface area contributed by atoms with Crippen molar-refractivity contribution in [3.8, 4) is 11.8 Å². The lowest BCUT2D eigenvalue weighted by Gasteiger charge is -2.09. The maximum atomic E-state index is 13.0. The Balaban J connectivity index is 1.77. The van der Waals surface area contributed by atoms with Crippen LogP contribution in [0, 0.1) is 11.3 Å². The molecule has 0 unspecified atom stereocenters. The first kappa shape index (κ1) is 15.2. The van der Waals surface area contributed by atoms with E-state index in [1.54, 1.807) is 29.1 Å². The van der Waals surface area contributed by atoms with E-state index in [0.717, 1.165) is 24.2 Å². The monoisotopic (exact) mass is 329 g/mol. The summed E-state index contributed by atoms with van der Waals surface area (Å²) < 4.78 is 1.72. The molecule has 1 aliphatic carbocycles. The lowest BCUT2D eigenvalue weighted by molar-refractivity contribution is 0.0971. The van der Waals surface area contributed by atoms with E-state index in [-0.39, 0.29) is 17.4 Å². The predicted molar refractivity (Wildman–Crippen MR) is 90.3 cm³/mol. The van der Waals surface area contributed by atoms with E-state index in [9.17, 15) is 10.1 Å². The molecule has 3 aromatic rings. The van der Waals surface area contributed by atoms with Crippen LogP contribution in [0.1, 0.15) is 46.6 Å². The summed E-state index contributed by atoms with van der Waals surface area (Å²) in [6.45, 7) is 0. The van der Waals surface area contributed by atoms with Gasteiger partial charge in [0.05, 0.1) is 23.1 Å². The molecule has 1 atom stereocenters. The highest BCUT2D eigenvalue weighted by Gasteiger charge is 2.37. The average Bonchev–Trinajstić information content (AvgIpc) is 3.41. The smallest absolute Gasteiger partial charge is 0.208 e. The largest absolute Gasteiger partial charge is 0.290 e. The molecule has 1 fully saturated rings. The van der Waals surface area contributed by atoms with Crippen LogP contribution in [0.15, 0.2) is 54.7 Å². The predicted octanol–water partition coefficient (Wildman–Crippen LogP) is 3.03. The Morgan fingerprint density at radius 3 is 2.56 bits per heavy atom. The van der Waals surface area contributed by atoms with Gasteiger partial charge in [0, 0.05) is 12.1 Å². The number of para-hydroxylation sites is 1. The molecule has 1 aromatic carbocycles.